The SMILES string of the molecule is C=CCNC(=O)[C@H](CC)Oc1ccc2c(c1)CCCC2. The molecule has 0 unspecified atom stereocenters. The summed E-state index contributed by atoms with van der Waals surface area (Å²) < 4.78 is 5.84. The first-order valence-corrected chi connectivity index (χ1v) is 7.41. The maximum atomic E-state index is 11.9. The Kier molecular flexibility index (Phi) is 5.22. The number of aryl methyl sites for hydroxylation is 2. The first kappa shape index (κ1) is 14.6. The molecule has 3 heteroatoms. The molecule has 1 amide bonds. The minimum atomic E-state index is -0.434. The molecular weight excluding hydrogens is 250 g/mol. The summed E-state index contributed by atoms with van der Waals surface area (Å²) in [6.45, 7) is 6.02. The number of hydrogen-bond acceptors (Lipinski definition) is 2. The molecule has 0 bridgehead atoms. The van der Waals surface area contributed by atoms with Gasteiger partial charge in [-0.05, 0) is 55.4 Å². The first-order chi connectivity index (χ1) is 9.74. The van der Waals surface area contributed by atoms with Gasteiger partial charge in [-0.25, -0.2) is 0 Å². The number of carbonyl (C=O) groups is 1. The van der Waals surface area contributed by atoms with Gasteiger partial charge in [0.05, 0.1) is 0 Å². The van der Waals surface area contributed by atoms with Crippen LogP contribution in [0.1, 0.15) is 37.3 Å². The first-order valence-electron chi connectivity index (χ1n) is 7.41. The van der Waals surface area contributed by atoms with E-state index in [0.717, 1.165) is 18.6 Å². The number of benzene rings is 1. The van der Waals surface area contributed by atoms with Gasteiger partial charge >= 0.3 is 0 Å². The van der Waals surface area contributed by atoms with E-state index < -0.39 is 6.10 Å². The van der Waals surface area contributed by atoms with E-state index in [0.29, 0.717) is 13.0 Å². The molecule has 1 aliphatic rings. The third-order valence-electron chi connectivity index (χ3n) is 3.68. The van der Waals surface area contributed by atoms with Crippen LogP contribution in [0.5, 0.6) is 5.75 Å². The molecule has 0 aliphatic heterocycles. The second-order valence-corrected chi connectivity index (χ2v) is 5.19. The highest BCUT2D eigenvalue weighted by molar-refractivity contribution is 5.81. The van der Waals surface area contributed by atoms with Gasteiger partial charge in [-0.1, -0.05) is 19.1 Å². The molecule has 0 saturated carbocycles. The number of rotatable bonds is 6. The Hall–Kier alpha value is -1.77. The van der Waals surface area contributed by atoms with Gasteiger partial charge < -0.3 is 10.1 Å². The van der Waals surface area contributed by atoms with Crippen LogP contribution in [-0.2, 0) is 17.6 Å². The normalized spacial score (nSPS) is 15.1. The summed E-state index contributed by atoms with van der Waals surface area (Å²) in [5, 5.41) is 2.78. The van der Waals surface area contributed by atoms with Crippen molar-refractivity contribution in [2.45, 2.75) is 45.1 Å². The molecular formula is C17H23NO2. The Labute approximate surface area is 121 Å². The smallest absolute Gasteiger partial charge is 0.261 e. The maximum Gasteiger partial charge on any atom is 0.261 e. The molecule has 2 rings (SSSR count). The Morgan fingerprint density at radius 3 is 2.85 bits per heavy atom. The summed E-state index contributed by atoms with van der Waals surface area (Å²) in [6.07, 6.45) is 6.68. The molecule has 1 N–H and O–H groups in total. The number of fused-ring (bicyclic) bond motifs is 1. The quantitative estimate of drug-likeness (QED) is 0.809. The average Bonchev–Trinajstić information content (AvgIpc) is 2.50. The lowest BCUT2D eigenvalue weighted by atomic mass is 9.92. The van der Waals surface area contributed by atoms with Crippen molar-refractivity contribution in [1.82, 2.24) is 5.32 Å². The van der Waals surface area contributed by atoms with Crippen LogP contribution in [0.2, 0.25) is 0 Å². The minimum absolute atomic E-state index is 0.0786. The van der Waals surface area contributed by atoms with E-state index >= 15 is 0 Å². The molecule has 3 nitrogen and oxygen atoms in total. The summed E-state index contributed by atoms with van der Waals surface area (Å²) in [4.78, 5) is 11.9. The van der Waals surface area contributed by atoms with Gasteiger partial charge in [0.2, 0.25) is 0 Å². The summed E-state index contributed by atoms with van der Waals surface area (Å²) in [7, 11) is 0. The van der Waals surface area contributed by atoms with E-state index in [9.17, 15) is 4.79 Å². The van der Waals surface area contributed by atoms with Gasteiger partial charge in [0, 0.05) is 6.54 Å². The molecule has 0 heterocycles. The molecule has 0 aromatic heterocycles. The zero-order valence-electron chi connectivity index (χ0n) is 12.2. The zero-order valence-corrected chi connectivity index (χ0v) is 12.2. The Bertz CT molecular complexity index is 482. The van der Waals surface area contributed by atoms with Crippen LogP contribution in [0.4, 0.5) is 0 Å². The number of nitrogens with one attached hydrogen (secondary N) is 1. The van der Waals surface area contributed by atoms with Gasteiger partial charge in [0.1, 0.15) is 5.75 Å². The lowest BCUT2D eigenvalue weighted by Gasteiger charge is -2.20. The van der Waals surface area contributed by atoms with Crippen LogP contribution in [0.25, 0.3) is 0 Å². The third kappa shape index (κ3) is 3.62. The summed E-state index contributed by atoms with van der Waals surface area (Å²) in [5.74, 6) is 0.719. The average molecular weight is 273 g/mol. The molecule has 0 fully saturated rings. The van der Waals surface area contributed by atoms with Crippen molar-refractivity contribution < 1.29 is 9.53 Å². The highest BCUT2D eigenvalue weighted by Gasteiger charge is 2.18. The fraction of sp³-hybridized carbons (Fsp3) is 0.471. The van der Waals surface area contributed by atoms with Crippen LogP contribution in [0.15, 0.2) is 30.9 Å². The van der Waals surface area contributed by atoms with Crippen molar-refractivity contribution in [1.29, 1.82) is 0 Å². The minimum Gasteiger partial charge on any atom is -0.481 e. The molecule has 1 aromatic rings. The van der Waals surface area contributed by atoms with Crippen molar-refractivity contribution >= 4 is 5.91 Å². The summed E-state index contributed by atoms with van der Waals surface area (Å²) >= 11 is 0. The van der Waals surface area contributed by atoms with Gasteiger partial charge in [-0.3, -0.25) is 4.79 Å². The summed E-state index contributed by atoms with van der Waals surface area (Å²) in [6, 6.07) is 6.21. The van der Waals surface area contributed by atoms with Crippen molar-refractivity contribution in [3.63, 3.8) is 0 Å². The monoisotopic (exact) mass is 273 g/mol. The van der Waals surface area contributed by atoms with Crippen LogP contribution < -0.4 is 10.1 Å². The Balaban J connectivity index is 2.03. The molecule has 0 spiro atoms. The molecule has 1 aliphatic carbocycles. The van der Waals surface area contributed by atoms with Crippen LogP contribution >= 0.6 is 0 Å². The molecule has 1 atom stereocenters. The number of carbonyl (C=O) groups excluding carboxylic acids is 1. The Morgan fingerprint density at radius 1 is 1.40 bits per heavy atom. The number of hydrogen-bond donors (Lipinski definition) is 1. The van der Waals surface area contributed by atoms with E-state index in [1.165, 1.54) is 24.0 Å². The van der Waals surface area contributed by atoms with Crippen LogP contribution in [-0.4, -0.2) is 18.6 Å². The van der Waals surface area contributed by atoms with Crippen molar-refractivity contribution in [3.8, 4) is 5.75 Å². The predicted octanol–water partition coefficient (Wildman–Crippen LogP) is 3.03. The second kappa shape index (κ2) is 7.13. The standard InChI is InChI=1S/C17H23NO2/c1-3-11-18-17(19)16(4-2)20-15-10-9-13-7-5-6-8-14(13)12-15/h3,9-10,12,16H,1,4-8,11H2,2H3,(H,18,19)/t16-/m0/s1. The molecule has 1 aromatic carbocycles. The lowest BCUT2D eigenvalue weighted by molar-refractivity contribution is -0.127. The van der Waals surface area contributed by atoms with E-state index in [1.54, 1.807) is 6.08 Å². The van der Waals surface area contributed by atoms with E-state index in [4.69, 9.17) is 4.74 Å². The summed E-state index contributed by atoms with van der Waals surface area (Å²) in [5.41, 5.74) is 2.79. The zero-order chi connectivity index (χ0) is 14.4. The van der Waals surface area contributed by atoms with Gasteiger partial charge in [-0.15, -0.1) is 6.58 Å². The van der Waals surface area contributed by atoms with Gasteiger partial charge in [0.25, 0.3) is 5.91 Å². The van der Waals surface area contributed by atoms with Gasteiger partial charge in [0.15, 0.2) is 6.10 Å². The van der Waals surface area contributed by atoms with Gasteiger partial charge in [-0.2, -0.15) is 0 Å². The van der Waals surface area contributed by atoms with E-state index in [1.807, 2.05) is 13.0 Å². The second-order valence-electron chi connectivity index (χ2n) is 5.19. The maximum absolute atomic E-state index is 11.9. The fourth-order valence-corrected chi connectivity index (χ4v) is 2.56. The molecule has 20 heavy (non-hydrogen) atoms. The van der Waals surface area contributed by atoms with Crippen molar-refractivity contribution in [2.24, 2.45) is 0 Å². The number of amides is 1. The van der Waals surface area contributed by atoms with Crippen molar-refractivity contribution in [2.75, 3.05) is 6.54 Å². The van der Waals surface area contributed by atoms with E-state index in [2.05, 4.69) is 24.0 Å². The molecule has 108 valence electrons. The van der Waals surface area contributed by atoms with Crippen molar-refractivity contribution in [3.05, 3.63) is 42.0 Å². The molecule has 0 radical (unpaired) electrons. The number of ether oxygens (including phenoxy) is 1. The topological polar surface area (TPSA) is 38.3 Å². The third-order valence-corrected chi connectivity index (χ3v) is 3.68. The predicted molar refractivity (Wildman–Crippen MR) is 81.0 cm³/mol. The molecule has 0 saturated heterocycles. The highest BCUT2D eigenvalue weighted by atomic mass is 16.5. The largest absolute Gasteiger partial charge is 0.481 e. The highest BCUT2D eigenvalue weighted by Crippen LogP contribution is 2.26. The van der Waals surface area contributed by atoms with E-state index in [-0.39, 0.29) is 5.91 Å². The van der Waals surface area contributed by atoms with Crippen LogP contribution in [0, 0.1) is 0 Å². The Morgan fingerprint density at radius 2 is 2.15 bits per heavy atom. The lowest BCUT2D eigenvalue weighted by Crippen LogP contribution is -2.38. The fourth-order valence-electron chi connectivity index (χ4n) is 2.56. The van der Waals surface area contributed by atoms with Crippen LogP contribution in [0.3, 0.4) is 0 Å².